The highest BCUT2D eigenvalue weighted by atomic mass is 32.1. The molecular formula is C16H18N2O3S. The van der Waals surface area contributed by atoms with Gasteiger partial charge < -0.3 is 14.6 Å². The number of rotatable bonds is 4. The number of thiazole rings is 1. The average Bonchev–Trinajstić information content (AvgIpc) is 3.27. The van der Waals surface area contributed by atoms with Gasteiger partial charge in [0.15, 0.2) is 11.5 Å². The van der Waals surface area contributed by atoms with E-state index in [1.54, 1.807) is 11.3 Å². The van der Waals surface area contributed by atoms with E-state index in [4.69, 9.17) is 14.5 Å². The Bertz CT molecular complexity index is 673. The van der Waals surface area contributed by atoms with Gasteiger partial charge in [-0.25, -0.2) is 4.98 Å². The predicted octanol–water partition coefficient (Wildman–Crippen LogP) is 2.50. The second-order valence-corrected chi connectivity index (χ2v) is 6.52. The zero-order valence-corrected chi connectivity index (χ0v) is 13.0. The zero-order chi connectivity index (χ0) is 14.9. The summed E-state index contributed by atoms with van der Waals surface area (Å²) in [6, 6.07) is 6.22. The third-order valence-electron chi connectivity index (χ3n) is 4.25. The Kier molecular flexibility index (Phi) is 3.73. The summed E-state index contributed by atoms with van der Waals surface area (Å²) in [4.78, 5) is 7.05. The van der Waals surface area contributed by atoms with E-state index in [9.17, 15) is 5.11 Å². The normalized spacial score (nSPS) is 20.7. The van der Waals surface area contributed by atoms with E-state index >= 15 is 0 Å². The number of aliphatic hydroxyl groups excluding tert-OH is 1. The molecule has 4 rings (SSSR count). The minimum atomic E-state index is 0.235. The largest absolute Gasteiger partial charge is 0.454 e. The molecule has 1 fully saturated rings. The summed E-state index contributed by atoms with van der Waals surface area (Å²) in [7, 11) is 0. The fourth-order valence-electron chi connectivity index (χ4n) is 3.06. The predicted molar refractivity (Wildman–Crippen MR) is 84.2 cm³/mol. The lowest BCUT2D eigenvalue weighted by atomic mass is 10.2. The molecule has 3 heterocycles. The van der Waals surface area contributed by atoms with Gasteiger partial charge in [-0.3, -0.25) is 4.90 Å². The number of aromatic nitrogens is 1. The number of hydrogen-bond acceptors (Lipinski definition) is 6. The fourth-order valence-corrected chi connectivity index (χ4v) is 3.87. The van der Waals surface area contributed by atoms with Crippen molar-refractivity contribution in [1.82, 2.24) is 9.88 Å². The van der Waals surface area contributed by atoms with Gasteiger partial charge in [-0.15, -0.1) is 11.3 Å². The summed E-state index contributed by atoms with van der Waals surface area (Å²) >= 11 is 1.64. The number of aliphatic hydroxyl groups is 1. The molecule has 2 aromatic rings. The Morgan fingerprint density at radius 3 is 3.14 bits per heavy atom. The smallest absolute Gasteiger partial charge is 0.231 e. The number of nitrogens with zero attached hydrogens (tertiary/aromatic N) is 2. The molecule has 1 N–H and O–H groups in total. The molecule has 0 bridgehead atoms. The van der Waals surface area contributed by atoms with Gasteiger partial charge in [0.1, 0.15) is 5.01 Å². The molecule has 0 saturated carbocycles. The van der Waals surface area contributed by atoms with E-state index in [0.717, 1.165) is 53.7 Å². The van der Waals surface area contributed by atoms with Crippen molar-refractivity contribution in [3.63, 3.8) is 0 Å². The first-order valence-electron chi connectivity index (χ1n) is 7.53. The first-order valence-corrected chi connectivity index (χ1v) is 8.41. The minimum Gasteiger partial charge on any atom is -0.454 e. The van der Waals surface area contributed by atoms with Crippen molar-refractivity contribution in [2.24, 2.45) is 0 Å². The number of hydrogen-bond donors (Lipinski definition) is 1. The third-order valence-corrected chi connectivity index (χ3v) is 5.19. The Morgan fingerprint density at radius 1 is 1.32 bits per heavy atom. The molecule has 2 aliphatic rings. The van der Waals surface area contributed by atoms with Crippen molar-refractivity contribution in [3.05, 3.63) is 29.3 Å². The van der Waals surface area contributed by atoms with Crippen LogP contribution in [0.15, 0.2) is 23.6 Å². The van der Waals surface area contributed by atoms with Crippen LogP contribution in [0.3, 0.4) is 0 Å². The van der Waals surface area contributed by atoms with Crippen molar-refractivity contribution < 1.29 is 14.6 Å². The van der Waals surface area contributed by atoms with Crippen LogP contribution in [0, 0.1) is 0 Å². The topological polar surface area (TPSA) is 54.8 Å². The van der Waals surface area contributed by atoms with Crippen LogP contribution in [0.1, 0.15) is 18.5 Å². The second kappa shape index (κ2) is 5.87. The van der Waals surface area contributed by atoms with Gasteiger partial charge in [0.05, 0.1) is 12.3 Å². The lowest BCUT2D eigenvalue weighted by Gasteiger charge is -2.21. The van der Waals surface area contributed by atoms with E-state index in [2.05, 4.69) is 10.3 Å². The first kappa shape index (κ1) is 14.0. The lowest BCUT2D eigenvalue weighted by molar-refractivity contribution is 0.152. The summed E-state index contributed by atoms with van der Waals surface area (Å²) in [5, 5.41) is 12.5. The molecule has 1 aromatic carbocycles. The van der Waals surface area contributed by atoms with Gasteiger partial charge in [-0.1, -0.05) is 0 Å². The third kappa shape index (κ3) is 2.58. The van der Waals surface area contributed by atoms with Gasteiger partial charge in [-0.2, -0.15) is 0 Å². The van der Waals surface area contributed by atoms with Gasteiger partial charge in [0.2, 0.25) is 6.79 Å². The summed E-state index contributed by atoms with van der Waals surface area (Å²) < 4.78 is 10.8. The summed E-state index contributed by atoms with van der Waals surface area (Å²) in [5.74, 6) is 1.58. The maximum Gasteiger partial charge on any atom is 0.231 e. The molecule has 1 atom stereocenters. The van der Waals surface area contributed by atoms with Gasteiger partial charge >= 0.3 is 0 Å². The van der Waals surface area contributed by atoms with Gasteiger partial charge in [0, 0.05) is 23.5 Å². The van der Waals surface area contributed by atoms with Crippen molar-refractivity contribution >= 4 is 11.3 Å². The van der Waals surface area contributed by atoms with Crippen molar-refractivity contribution in [2.45, 2.75) is 25.4 Å². The fraction of sp³-hybridized carbons (Fsp3) is 0.438. The van der Waals surface area contributed by atoms with Crippen molar-refractivity contribution in [2.75, 3.05) is 19.9 Å². The van der Waals surface area contributed by atoms with Crippen LogP contribution in [0.4, 0.5) is 0 Å². The SMILES string of the molecule is OC[C@H]1CCCN1Cc1csc(-c2ccc3c(c2)OCO3)n1. The summed E-state index contributed by atoms with van der Waals surface area (Å²) in [5.41, 5.74) is 2.12. The average molecular weight is 318 g/mol. The number of fused-ring (bicyclic) bond motifs is 1. The highest BCUT2D eigenvalue weighted by molar-refractivity contribution is 7.13. The van der Waals surface area contributed by atoms with E-state index in [0.29, 0.717) is 6.79 Å². The molecule has 1 saturated heterocycles. The molecule has 6 heteroatoms. The van der Waals surface area contributed by atoms with Crippen LogP contribution >= 0.6 is 11.3 Å². The van der Waals surface area contributed by atoms with E-state index in [1.165, 1.54) is 0 Å². The lowest BCUT2D eigenvalue weighted by Crippen LogP contribution is -2.31. The second-order valence-electron chi connectivity index (χ2n) is 5.66. The standard InChI is InChI=1S/C16H18N2O3S/c19-8-13-2-1-5-18(13)7-12-9-22-16(17-12)11-3-4-14-15(6-11)21-10-20-14/h3-4,6,9,13,19H,1-2,5,7-8,10H2/t13-/m1/s1. The van der Waals surface area contributed by atoms with Crippen LogP contribution in [-0.2, 0) is 6.54 Å². The molecule has 5 nitrogen and oxygen atoms in total. The highest BCUT2D eigenvalue weighted by Crippen LogP contribution is 2.36. The molecule has 1 aromatic heterocycles. The van der Waals surface area contributed by atoms with E-state index < -0.39 is 0 Å². The molecule has 116 valence electrons. The maximum atomic E-state index is 9.40. The molecular weight excluding hydrogens is 300 g/mol. The van der Waals surface area contributed by atoms with Gasteiger partial charge in [-0.05, 0) is 37.6 Å². The van der Waals surface area contributed by atoms with Crippen molar-refractivity contribution in [1.29, 1.82) is 0 Å². The van der Waals surface area contributed by atoms with Crippen LogP contribution in [0.2, 0.25) is 0 Å². The highest BCUT2D eigenvalue weighted by Gasteiger charge is 2.24. The van der Waals surface area contributed by atoms with E-state index in [1.807, 2.05) is 18.2 Å². The number of ether oxygens (including phenoxy) is 2. The van der Waals surface area contributed by atoms with Gasteiger partial charge in [0.25, 0.3) is 0 Å². The van der Waals surface area contributed by atoms with Crippen LogP contribution < -0.4 is 9.47 Å². The molecule has 0 unspecified atom stereocenters. The Labute approximate surface area is 133 Å². The number of likely N-dealkylation sites (tertiary alicyclic amines) is 1. The molecule has 2 aliphatic heterocycles. The van der Waals surface area contributed by atoms with Crippen LogP contribution in [-0.4, -0.2) is 41.0 Å². The Balaban J connectivity index is 1.51. The Morgan fingerprint density at radius 2 is 2.23 bits per heavy atom. The van der Waals surface area contributed by atoms with Crippen LogP contribution in [0.25, 0.3) is 10.6 Å². The minimum absolute atomic E-state index is 0.235. The summed E-state index contributed by atoms with van der Waals surface area (Å²) in [6.45, 7) is 2.38. The quantitative estimate of drug-likeness (QED) is 0.939. The maximum absolute atomic E-state index is 9.40. The van der Waals surface area contributed by atoms with E-state index in [-0.39, 0.29) is 12.6 Å². The zero-order valence-electron chi connectivity index (χ0n) is 12.2. The molecule has 0 radical (unpaired) electrons. The monoisotopic (exact) mass is 318 g/mol. The molecule has 22 heavy (non-hydrogen) atoms. The Hall–Kier alpha value is -1.63. The number of benzene rings is 1. The molecule has 0 spiro atoms. The first-order chi connectivity index (χ1) is 10.8. The summed E-state index contributed by atoms with van der Waals surface area (Å²) in [6.07, 6.45) is 2.24. The molecule has 0 amide bonds. The van der Waals surface area contributed by atoms with Crippen molar-refractivity contribution in [3.8, 4) is 22.1 Å². The molecule has 0 aliphatic carbocycles. The van der Waals surface area contributed by atoms with Crippen LogP contribution in [0.5, 0.6) is 11.5 Å².